The lowest BCUT2D eigenvalue weighted by molar-refractivity contribution is 0.595. The molecule has 2 rings (SSSR count). The van der Waals surface area contributed by atoms with Crippen molar-refractivity contribution in [3.05, 3.63) is 70.8 Å². The van der Waals surface area contributed by atoms with E-state index in [2.05, 4.69) is 38.1 Å². The van der Waals surface area contributed by atoms with Crippen LogP contribution < -0.4 is 0 Å². The summed E-state index contributed by atoms with van der Waals surface area (Å²) in [6.45, 7) is 4.11. The van der Waals surface area contributed by atoms with Crippen molar-refractivity contribution in [1.29, 1.82) is 0 Å². The van der Waals surface area contributed by atoms with Crippen LogP contribution in [-0.2, 0) is 4.57 Å². The lowest BCUT2D eigenvalue weighted by Gasteiger charge is -2.10. The Morgan fingerprint density at radius 3 is 1.41 bits per heavy atom. The summed E-state index contributed by atoms with van der Waals surface area (Å²) in [6, 6.07) is 16.4. The Bertz CT molecular complexity index is 454. The fourth-order valence-electron chi connectivity index (χ4n) is 1.81. The molecular formula is C15H15OP. The van der Waals surface area contributed by atoms with Crippen LogP contribution in [0.4, 0.5) is 0 Å². The van der Waals surface area contributed by atoms with Gasteiger partial charge in [-0.1, -0.05) is 59.7 Å². The van der Waals surface area contributed by atoms with Crippen molar-refractivity contribution >= 4 is 8.46 Å². The first-order valence-corrected chi connectivity index (χ1v) is 6.54. The minimum atomic E-state index is -0.0591. The quantitative estimate of drug-likeness (QED) is 0.714. The van der Waals surface area contributed by atoms with Gasteiger partial charge < -0.3 is 0 Å². The zero-order valence-electron chi connectivity index (χ0n) is 10.1. The molecule has 0 saturated heterocycles. The van der Waals surface area contributed by atoms with Gasteiger partial charge in [-0.3, -0.25) is 4.57 Å². The third-order valence-electron chi connectivity index (χ3n) is 2.89. The van der Waals surface area contributed by atoms with Crippen molar-refractivity contribution in [3.63, 3.8) is 0 Å². The van der Waals surface area contributed by atoms with E-state index in [9.17, 15) is 4.57 Å². The first kappa shape index (κ1) is 12.0. The molecular weight excluding hydrogens is 227 g/mol. The summed E-state index contributed by atoms with van der Waals surface area (Å²) < 4.78 is 11.4. The molecule has 0 aliphatic rings. The van der Waals surface area contributed by atoms with E-state index in [4.69, 9.17) is 0 Å². The van der Waals surface area contributed by atoms with Gasteiger partial charge in [0.15, 0.2) is 8.46 Å². The second-order valence-corrected chi connectivity index (χ2v) is 5.06. The molecule has 0 amide bonds. The summed E-state index contributed by atoms with van der Waals surface area (Å²) in [5.41, 5.74) is 4.57. The number of rotatable bonds is 3. The molecule has 0 N–H and O–H groups in total. The fraction of sp³-hybridized carbons (Fsp3) is 0.200. The van der Waals surface area contributed by atoms with Gasteiger partial charge in [0.25, 0.3) is 0 Å². The van der Waals surface area contributed by atoms with E-state index in [-0.39, 0.29) is 14.1 Å². The van der Waals surface area contributed by atoms with Crippen molar-refractivity contribution in [2.24, 2.45) is 0 Å². The highest BCUT2D eigenvalue weighted by Gasteiger charge is 2.13. The summed E-state index contributed by atoms with van der Waals surface area (Å²) in [5.74, 6) is 0. The number of aryl methyl sites for hydroxylation is 2. The Labute approximate surface area is 104 Å². The van der Waals surface area contributed by atoms with E-state index in [1.54, 1.807) is 0 Å². The summed E-state index contributed by atoms with van der Waals surface area (Å²) in [4.78, 5) is 0. The molecule has 1 nitrogen and oxygen atoms in total. The second kappa shape index (κ2) is 5.25. The van der Waals surface area contributed by atoms with Crippen LogP contribution in [0, 0.1) is 13.8 Å². The standard InChI is InChI=1S/C15H15OP/c1-11-3-7-13(8-4-11)15(17-16)14-9-5-12(2)6-10-14/h3-10,15H,1-2H3. The van der Waals surface area contributed by atoms with Crippen LogP contribution in [-0.4, -0.2) is 0 Å². The lowest BCUT2D eigenvalue weighted by Crippen LogP contribution is -1.93. The Morgan fingerprint density at radius 1 is 0.765 bits per heavy atom. The molecule has 0 aliphatic carbocycles. The topological polar surface area (TPSA) is 17.1 Å². The Morgan fingerprint density at radius 2 is 1.12 bits per heavy atom. The molecule has 0 bridgehead atoms. The normalized spacial score (nSPS) is 11.0. The van der Waals surface area contributed by atoms with Gasteiger partial charge in [0.2, 0.25) is 0 Å². The maximum Gasteiger partial charge on any atom is 0.168 e. The SMILES string of the molecule is Cc1ccc(C(P=O)c2ccc(C)cc2)cc1. The highest BCUT2D eigenvalue weighted by atomic mass is 31.1. The minimum absolute atomic E-state index is 0.0591. The molecule has 0 heterocycles. The number of benzene rings is 2. The lowest BCUT2D eigenvalue weighted by atomic mass is 10.0. The maximum atomic E-state index is 11.4. The molecule has 2 heteroatoms. The molecule has 17 heavy (non-hydrogen) atoms. The van der Waals surface area contributed by atoms with Gasteiger partial charge >= 0.3 is 0 Å². The Kier molecular flexibility index (Phi) is 3.71. The molecule has 0 atom stereocenters. The molecule has 2 aromatic rings. The van der Waals surface area contributed by atoms with Gasteiger partial charge in [0.1, 0.15) is 0 Å². The van der Waals surface area contributed by atoms with Gasteiger partial charge in [0.05, 0.1) is 5.66 Å². The van der Waals surface area contributed by atoms with Crippen molar-refractivity contribution in [3.8, 4) is 0 Å². The molecule has 0 fully saturated rings. The Hall–Kier alpha value is -1.46. The summed E-state index contributed by atoms with van der Waals surface area (Å²) in [5, 5.41) is 0. The largest absolute Gasteiger partial charge is 0.274 e. The Balaban J connectivity index is 2.36. The average Bonchev–Trinajstić information content (AvgIpc) is 2.35. The zero-order valence-corrected chi connectivity index (χ0v) is 10.9. The fourth-order valence-corrected chi connectivity index (χ4v) is 2.40. The van der Waals surface area contributed by atoms with Gasteiger partial charge in [-0.2, -0.15) is 0 Å². The van der Waals surface area contributed by atoms with E-state index in [0.29, 0.717) is 0 Å². The van der Waals surface area contributed by atoms with Crippen molar-refractivity contribution in [2.45, 2.75) is 19.5 Å². The molecule has 0 aromatic heterocycles. The molecule has 0 radical (unpaired) electrons. The summed E-state index contributed by atoms with van der Waals surface area (Å²) in [6.07, 6.45) is 0. The van der Waals surface area contributed by atoms with Gasteiger partial charge in [-0.05, 0) is 25.0 Å². The highest BCUT2D eigenvalue weighted by Crippen LogP contribution is 2.34. The van der Waals surface area contributed by atoms with E-state index in [0.717, 1.165) is 11.1 Å². The maximum absolute atomic E-state index is 11.4. The van der Waals surface area contributed by atoms with Gasteiger partial charge in [-0.15, -0.1) is 0 Å². The van der Waals surface area contributed by atoms with Crippen LogP contribution in [0.2, 0.25) is 0 Å². The summed E-state index contributed by atoms with van der Waals surface area (Å²) in [7, 11) is 0.143. The third kappa shape index (κ3) is 2.81. The van der Waals surface area contributed by atoms with Gasteiger partial charge in [0, 0.05) is 0 Å². The first-order valence-electron chi connectivity index (χ1n) is 5.66. The molecule has 2 aromatic carbocycles. The average molecular weight is 242 g/mol. The monoisotopic (exact) mass is 242 g/mol. The third-order valence-corrected chi connectivity index (χ3v) is 3.70. The van der Waals surface area contributed by atoms with Crippen LogP contribution in [0.5, 0.6) is 0 Å². The molecule has 0 aliphatic heterocycles. The minimum Gasteiger partial charge on any atom is -0.274 e. The smallest absolute Gasteiger partial charge is 0.168 e. The van der Waals surface area contributed by atoms with Gasteiger partial charge in [-0.25, -0.2) is 0 Å². The van der Waals surface area contributed by atoms with Crippen molar-refractivity contribution < 1.29 is 4.57 Å². The van der Waals surface area contributed by atoms with Crippen LogP contribution in [0.15, 0.2) is 48.5 Å². The predicted octanol–water partition coefficient (Wildman–Crippen LogP) is 4.68. The van der Waals surface area contributed by atoms with Crippen LogP contribution in [0.3, 0.4) is 0 Å². The molecule has 0 unspecified atom stereocenters. The predicted molar refractivity (Wildman–Crippen MR) is 71.8 cm³/mol. The van der Waals surface area contributed by atoms with E-state index >= 15 is 0 Å². The number of hydrogen-bond acceptors (Lipinski definition) is 1. The van der Waals surface area contributed by atoms with Crippen molar-refractivity contribution in [1.82, 2.24) is 0 Å². The van der Waals surface area contributed by atoms with Crippen LogP contribution in [0.25, 0.3) is 0 Å². The molecule has 0 spiro atoms. The molecule has 0 saturated carbocycles. The number of hydrogen-bond donors (Lipinski definition) is 0. The zero-order chi connectivity index (χ0) is 12.3. The highest BCUT2D eigenvalue weighted by molar-refractivity contribution is 7.24. The van der Waals surface area contributed by atoms with E-state index in [1.165, 1.54) is 11.1 Å². The second-order valence-electron chi connectivity index (χ2n) is 4.33. The summed E-state index contributed by atoms with van der Waals surface area (Å²) >= 11 is 0. The van der Waals surface area contributed by atoms with Crippen LogP contribution in [0.1, 0.15) is 27.9 Å². The van der Waals surface area contributed by atoms with Crippen LogP contribution >= 0.6 is 8.46 Å². The van der Waals surface area contributed by atoms with Crippen molar-refractivity contribution in [2.75, 3.05) is 0 Å². The van der Waals surface area contributed by atoms with E-state index < -0.39 is 0 Å². The molecule has 86 valence electrons. The first-order chi connectivity index (χ1) is 8.20. The van der Waals surface area contributed by atoms with E-state index in [1.807, 2.05) is 24.3 Å².